The fourth-order valence-electron chi connectivity index (χ4n) is 2.91. The molecular formula is C14H19N7O. The second-order valence-corrected chi connectivity index (χ2v) is 5.36. The second-order valence-electron chi connectivity index (χ2n) is 5.36. The molecule has 0 aromatic heterocycles. The van der Waals surface area contributed by atoms with E-state index in [1.807, 2.05) is 13.1 Å². The molecule has 8 heteroatoms. The summed E-state index contributed by atoms with van der Waals surface area (Å²) in [5.74, 6) is 0.971. The molecule has 0 aliphatic carbocycles. The molecule has 3 heterocycles. The zero-order chi connectivity index (χ0) is 15.7. The lowest BCUT2D eigenvalue weighted by molar-refractivity contribution is -0.0968. The van der Waals surface area contributed by atoms with Gasteiger partial charge in [0.2, 0.25) is 0 Å². The van der Waals surface area contributed by atoms with Crippen LogP contribution in [-0.4, -0.2) is 47.4 Å². The van der Waals surface area contributed by atoms with Crippen LogP contribution in [0.5, 0.6) is 0 Å². The summed E-state index contributed by atoms with van der Waals surface area (Å²) in [6.07, 6.45) is 6.76. The summed E-state index contributed by atoms with van der Waals surface area (Å²) >= 11 is 0. The van der Waals surface area contributed by atoms with Crippen LogP contribution in [0.25, 0.3) is 10.4 Å². The minimum atomic E-state index is -0.359. The Kier molecular flexibility index (Phi) is 3.79. The van der Waals surface area contributed by atoms with Crippen molar-refractivity contribution in [2.45, 2.75) is 26.3 Å². The number of allylic oxidation sites excluding steroid dienone is 1. The highest BCUT2D eigenvalue weighted by molar-refractivity contribution is 5.81. The Hall–Kier alpha value is -2.44. The number of hydrogen-bond donors (Lipinski definition) is 0. The summed E-state index contributed by atoms with van der Waals surface area (Å²) in [5, 5.41) is 5.67. The molecule has 0 N–H and O–H groups in total. The van der Waals surface area contributed by atoms with Gasteiger partial charge in [-0.15, -0.1) is 0 Å². The molecule has 22 heavy (non-hydrogen) atoms. The lowest BCUT2D eigenvalue weighted by atomic mass is 10.0. The van der Waals surface area contributed by atoms with E-state index in [2.05, 4.69) is 37.9 Å². The molecule has 0 saturated carbocycles. The van der Waals surface area contributed by atoms with Crippen molar-refractivity contribution >= 4 is 6.21 Å². The highest BCUT2D eigenvalue weighted by Gasteiger charge is 2.36. The third kappa shape index (κ3) is 2.22. The van der Waals surface area contributed by atoms with Crippen LogP contribution in [-0.2, 0) is 4.84 Å². The van der Waals surface area contributed by atoms with Gasteiger partial charge in [0.15, 0.2) is 0 Å². The first-order chi connectivity index (χ1) is 10.7. The van der Waals surface area contributed by atoms with E-state index in [0.717, 1.165) is 35.8 Å². The van der Waals surface area contributed by atoms with E-state index >= 15 is 0 Å². The van der Waals surface area contributed by atoms with Crippen LogP contribution in [0.4, 0.5) is 0 Å². The molecule has 0 amide bonds. The van der Waals surface area contributed by atoms with Crippen LogP contribution in [0.3, 0.4) is 0 Å². The van der Waals surface area contributed by atoms with Crippen LogP contribution >= 0.6 is 0 Å². The van der Waals surface area contributed by atoms with E-state index in [0.29, 0.717) is 6.67 Å². The predicted molar refractivity (Wildman–Crippen MR) is 82.8 cm³/mol. The number of nitrogens with zero attached hydrogens (tertiary/aromatic N) is 7. The minimum absolute atomic E-state index is 0.359. The molecule has 1 unspecified atom stereocenters. The van der Waals surface area contributed by atoms with Gasteiger partial charge in [-0.2, -0.15) is 0 Å². The van der Waals surface area contributed by atoms with Crippen molar-refractivity contribution in [1.29, 1.82) is 0 Å². The molecule has 0 aromatic rings. The van der Waals surface area contributed by atoms with E-state index < -0.39 is 0 Å². The monoisotopic (exact) mass is 301 g/mol. The summed E-state index contributed by atoms with van der Waals surface area (Å²) in [6.45, 7) is 5.58. The molecular weight excluding hydrogens is 282 g/mol. The van der Waals surface area contributed by atoms with Gasteiger partial charge in [-0.25, -0.2) is 5.06 Å². The topological polar surface area (TPSA) is 80.1 Å². The number of hydrogen-bond acceptors (Lipinski definition) is 6. The zero-order valence-corrected chi connectivity index (χ0v) is 13.0. The van der Waals surface area contributed by atoms with Crippen LogP contribution < -0.4 is 0 Å². The maximum Gasteiger partial charge on any atom is 0.137 e. The Bertz CT molecular complexity index is 642. The lowest BCUT2D eigenvalue weighted by Crippen LogP contribution is -2.41. The van der Waals surface area contributed by atoms with Gasteiger partial charge < -0.3 is 9.80 Å². The average molecular weight is 301 g/mol. The van der Waals surface area contributed by atoms with Crippen LogP contribution in [0, 0.1) is 0 Å². The van der Waals surface area contributed by atoms with Crippen LogP contribution in [0.2, 0.25) is 0 Å². The Labute approximate surface area is 129 Å². The number of fused-ring (bicyclic) bond motifs is 2. The van der Waals surface area contributed by atoms with Crippen molar-refractivity contribution in [3.63, 3.8) is 0 Å². The Balaban J connectivity index is 2.05. The molecule has 0 radical (unpaired) electrons. The molecule has 0 aromatic carbocycles. The highest BCUT2D eigenvalue weighted by Crippen LogP contribution is 2.36. The van der Waals surface area contributed by atoms with E-state index in [1.165, 1.54) is 0 Å². The van der Waals surface area contributed by atoms with Crippen molar-refractivity contribution in [1.82, 2.24) is 14.9 Å². The third-order valence-electron chi connectivity index (χ3n) is 3.88. The van der Waals surface area contributed by atoms with Crippen molar-refractivity contribution in [3.8, 4) is 0 Å². The van der Waals surface area contributed by atoms with Gasteiger partial charge in [0.1, 0.15) is 18.5 Å². The molecule has 3 aliphatic heterocycles. The van der Waals surface area contributed by atoms with Gasteiger partial charge in [0.25, 0.3) is 0 Å². The molecule has 0 fully saturated rings. The standard InChI is InChI=1S/C14H19N7O/c1-4-5-19-7-10(2)12(17-18-15)13-14(19)21-9-20(22-3)8-11(21)6-16-13/h6-8,12H,4-5,9H2,1-3H3. The molecule has 0 spiro atoms. The molecule has 0 bridgehead atoms. The fourth-order valence-corrected chi connectivity index (χ4v) is 2.91. The van der Waals surface area contributed by atoms with Crippen molar-refractivity contribution < 1.29 is 4.84 Å². The van der Waals surface area contributed by atoms with Gasteiger partial charge in [-0.3, -0.25) is 9.83 Å². The van der Waals surface area contributed by atoms with Crippen LogP contribution in [0.1, 0.15) is 20.3 Å². The summed E-state index contributed by atoms with van der Waals surface area (Å²) in [7, 11) is 1.64. The quantitative estimate of drug-likeness (QED) is 0.454. The number of azide groups is 1. The molecule has 116 valence electrons. The summed E-state index contributed by atoms with van der Waals surface area (Å²) < 4.78 is 0. The Morgan fingerprint density at radius 2 is 2.32 bits per heavy atom. The second kappa shape index (κ2) is 5.75. The highest BCUT2D eigenvalue weighted by atomic mass is 16.7. The Morgan fingerprint density at radius 3 is 3.00 bits per heavy atom. The van der Waals surface area contributed by atoms with Crippen molar-refractivity contribution in [2.24, 2.45) is 10.1 Å². The first kappa shape index (κ1) is 14.5. The zero-order valence-electron chi connectivity index (χ0n) is 13.0. The summed E-state index contributed by atoms with van der Waals surface area (Å²) in [6, 6.07) is -0.359. The number of aliphatic imine (C=N–C) groups is 1. The van der Waals surface area contributed by atoms with Gasteiger partial charge in [-0.1, -0.05) is 12.0 Å². The van der Waals surface area contributed by atoms with E-state index in [-0.39, 0.29) is 6.04 Å². The summed E-state index contributed by atoms with van der Waals surface area (Å²) in [4.78, 5) is 17.1. The first-order valence-electron chi connectivity index (χ1n) is 7.27. The van der Waals surface area contributed by atoms with E-state index in [9.17, 15) is 0 Å². The normalized spacial score (nSPS) is 23.0. The van der Waals surface area contributed by atoms with Gasteiger partial charge in [0, 0.05) is 17.7 Å². The SMILES string of the molecule is CCCN1C=C(C)C(N=[N+]=[N-])C2=C1N1CN(OC)C=C1C=N2. The third-order valence-corrected chi connectivity index (χ3v) is 3.88. The smallest absolute Gasteiger partial charge is 0.137 e. The van der Waals surface area contributed by atoms with Gasteiger partial charge in [0.05, 0.1) is 30.9 Å². The average Bonchev–Trinajstić information content (AvgIpc) is 2.94. The molecule has 3 rings (SSSR count). The first-order valence-corrected chi connectivity index (χ1v) is 7.27. The van der Waals surface area contributed by atoms with Gasteiger partial charge >= 0.3 is 0 Å². The van der Waals surface area contributed by atoms with E-state index in [4.69, 9.17) is 10.4 Å². The molecule has 3 aliphatic rings. The maximum absolute atomic E-state index is 8.85. The van der Waals surface area contributed by atoms with E-state index in [1.54, 1.807) is 18.4 Å². The molecule has 0 saturated heterocycles. The maximum atomic E-state index is 8.85. The fraction of sp³-hybridized carbons (Fsp3) is 0.500. The largest absolute Gasteiger partial charge is 0.333 e. The van der Waals surface area contributed by atoms with Gasteiger partial charge in [-0.05, 0) is 24.4 Å². The number of rotatable bonds is 4. The predicted octanol–water partition coefficient (Wildman–Crippen LogP) is 2.53. The molecule has 1 atom stereocenters. The molecule has 8 nitrogen and oxygen atoms in total. The lowest BCUT2D eigenvalue weighted by Gasteiger charge is -2.39. The van der Waals surface area contributed by atoms with Crippen molar-refractivity contribution in [3.05, 3.63) is 45.6 Å². The minimum Gasteiger partial charge on any atom is -0.333 e. The number of hydroxylamine groups is 2. The summed E-state index contributed by atoms with van der Waals surface area (Å²) in [5.41, 5.74) is 11.6. The van der Waals surface area contributed by atoms with Crippen LogP contribution in [0.15, 0.2) is 45.3 Å². The Morgan fingerprint density at radius 1 is 1.50 bits per heavy atom. The van der Waals surface area contributed by atoms with Crippen molar-refractivity contribution in [2.75, 3.05) is 20.3 Å².